The van der Waals surface area contributed by atoms with Gasteiger partial charge in [-0.3, -0.25) is 9.48 Å². The smallest absolute Gasteiger partial charge is 0.227 e. The third kappa shape index (κ3) is 3.50. The van der Waals surface area contributed by atoms with Crippen molar-refractivity contribution in [3.05, 3.63) is 36.2 Å². The number of amides is 1. The van der Waals surface area contributed by atoms with Crippen molar-refractivity contribution in [1.82, 2.24) is 9.78 Å². The van der Waals surface area contributed by atoms with E-state index >= 15 is 0 Å². The lowest BCUT2D eigenvalue weighted by atomic mass is 10.3. The molecular formula is C14H18N4O2. The van der Waals surface area contributed by atoms with Crippen molar-refractivity contribution >= 4 is 17.3 Å². The van der Waals surface area contributed by atoms with Crippen LogP contribution in [-0.2, 0) is 11.8 Å². The molecular weight excluding hydrogens is 256 g/mol. The Hall–Kier alpha value is -2.50. The zero-order valence-corrected chi connectivity index (χ0v) is 11.6. The lowest BCUT2D eigenvalue weighted by molar-refractivity contribution is -0.116. The summed E-state index contributed by atoms with van der Waals surface area (Å²) in [5.74, 6) is 0.480. The molecule has 1 heterocycles. The second kappa shape index (κ2) is 6.10. The number of nitrogens with zero attached hydrogens (tertiary/aromatic N) is 2. The van der Waals surface area contributed by atoms with Gasteiger partial charge < -0.3 is 15.8 Å². The molecule has 0 aliphatic heterocycles. The second-order valence-corrected chi connectivity index (χ2v) is 4.49. The van der Waals surface area contributed by atoms with Crippen LogP contribution in [0.1, 0.15) is 12.1 Å². The minimum Gasteiger partial charge on any atom is -0.491 e. The zero-order valence-electron chi connectivity index (χ0n) is 11.6. The molecule has 0 atom stereocenters. The van der Waals surface area contributed by atoms with Crippen molar-refractivity contribution in [2.24, 2.45) is 7.05 Å². The van der Waals surface area contributed by atoms with E-state index in [2.05, 4.69) is 10.4 Å². The summed E-state index contributed by atoms with van der Waals surface area (Å²) in [6.07, 6.45) is 2.02. The van der Waals surface area contributed by atoms with Crippen LogP contribution >= 0.6 is 0 Å². The van der Waals surface area contributed by atoms with E-state index in [0.29, 0.717) is 11.4 Å². The fourth-order valence-electron chi connectivity index (χ4n) is 1.80. The number of para-hydroxylation sites is 2. The highest BCUT2D eigenvalue weighted by molar-refractivity contribution is 5.91. The lowest BCUT2D eigenvalue weighted by Gasteiger charge is -2.08. The third-order valence-electron chi connectivity index (χ3n) is 2.79. The van der Waals surface area contributed by atoms with Crippen molar-refractivity contribution in [2.75, 3.05) is 17.7 Å². The van der Waals surface area contributed by atoms with Crippen molar-refractivity contribution in [2.45, 2.75) is 13.3 Å². The predicted octanol–water partition coefficient (Wildman–Crippen LogP) is 1.72. The number of carbonyl (C=O) groups is 1. The van der Waals surface area contributed by atoms with Gasteiger partial charge in [-0.05, 0) is 19.1 Å². The molecule has 0 saturated carbocycles. The van der Waals surface area contributed by atoms with Crippen LogP contribution < -0.4 is 15.8 Å². The Bertz CT molecular complexity index is 607. The van der Waals surface area contributed by atoms with Gasteiger partial charge in [0.2, 0.25) is 5.91 Å². The zero-order chi connectivity index (χ0) is 14.5. The lowest BCUT2D eigenvalue weighted by Crippen LogP contribution is -2.15. The molecule has 0 aliphatic carbocycles. The van der Waals surface area contributed by atoms with Crippen LogP contribution in [0.2, 0.25) is 0 Å². The van der Waals surface area contributed by atoms with Crippen molar-refractivity contribution in [1.29, 1.82) is 0 Å². The molecule has 106 valence electrons. The van der Waals surface area contributed by atoms with Crippen LogP contribution in [0.4, 0.5) is 11.4 Å². The molecule has 0 saturated heterocycles. The summed E-state index contributed by atoms with van der Waals surface area (Å²) in [5.41, 5.74) is 7.82. The number of nitrogen functional groups attached to an aromatic ring is 1. The van der Waals surface area contributed by atoms with Crippen LogP contribution in [0.25, 0.3) is 0 Å². The number of hydrogen-bond donors (Lipinski definition) is 2. The highest BCUT2D eigenvalue weighted by Gasteiger charge is 2.08. The van der Waals surface area contributed by atoms with Gasteiger partial charge in [0, 0.05) is 13.2 Å². The summed E-state index contributed by atoms with van der Waals surface area (Å²) in [5, 5.41) is 6.96. The topological polar surface area (TPSA) is 82.2 Å². The molecule has 20 heavy (non-hydrogen) atoms. The summed E-state index contributed by atoms with van der Waals surface area (Å²) < 4.78 is 7.13. The number of nitrogens with two attached hydrogens (primary N) is 1. The van der Waals surface area contributed by atoms with Crippen LogP contribution in [0, 0.1) is 6.92 Å². The number of rotatable bonds is 5. The van der Waals surface area contributed by atoms with E-state index < -0.39 is 0 Å². The monoisotopic (exact) mass is 274 g/mol. The number of aromatic nitrogens is 2. The number of benzene rings is 1. The summed E-state index contributed by atoms with van der Waals surface area (Å²) in [6.45, 7) is 2.12. The van der Waals surface area contributed by atoms with Crippen molar-refractivity contribution in [3.8, 4) is 5.75 Å². The van der Waals surface area contributed by atoms with Gasteiger partial charge in [0.25, 0.3) is 0 Å². The van der Waals surface area contributed by atoms with Gasteiger partial charge in [0.05, 0.1) is 30.1 Å². The molecule has 0 bridgehead atoms. The number of carbonyl (C=O) groups excluding carboxylic acids is 1. The van der Waals surface area contributed by atoms with Gasteiger partial charge >= 0.3 is 0 Å². The van der Waals surface area contributed by atoms with Crippen LogP contribution in [0.3, 0.4) is 0 Å². The average Bonchev–Trinajstić information content (AvgIpc) is 2.70. The normalized spacial score (nSPS) is 10.3. The first kappa shape index (κ1) is 13.9. The molecule has 2 aromatic rings. The van der Waals surface area contributed by atoms with E-state index in [1.165, 1.54) is 0 Å². The Morgan fingerprint density at radius 3 is 2.85 bits per heavy atom. The minimum atomic E-state index is -0.115. The molecule has 0 radical (unpaired) electrons. The first-order valence-corrected chi connectivity index (χ1v) is 6.33. The maximum atomic E-state index is 11.8. The highest BCUT2D eigenvalue weighted by Crippen LogP contribution is 2.19. The van der Waals surface area contributed by atoms with Crippen LogP contribution in [-0.4, -0.2) is 22.3 Å². The molecule has 1 amide bonds. The molecule has 0 unspecified atom stereocenters. The fourth-order valence-corrected chi connectivity index (χ4v) is 1.80. The van der Waals surface area contributed by atoms with Gasteiger partial charge in [-0.25, -0.2) is 0 Å². The fraction of sp³-hybridized carbons (Fsp3) is 0.286. The Morgan fingerprint density at radius 1 is 1.45 bits per heavy atom. The maximum Gasteiger partial charge on any atom is 0.227 e. The van der Waals surface area contributed by atoms with Gasteiger partial charge in [-0.1, -0.05) is 12.1 Å². The van der Waals surface area contributed by atoms with Crippen molar-refractivity contribution in [3.63, 3.8) is 0 Å². The standard InChI is InChI=1S/C14H18N4O2/c1-10-12(9-18(2)17-10)16-14(19)7-8-20-13-6-4-3-5-11(13)15/h3-6,9H,7-8,15H2,1-2H3,(H,16,19). The molecule has 0 fully saturated rings. The Morgan fingerprint density at radius 2 is 2.20 bits per heavy atom. The third-order valence-corrected chi connectivity index (χ3v) is 2.79. The Balaban J connectivity index is 1.81. The van der Waals surface area contributed by atoms with Crippen LogP contribution in [0.15, 0.2) is 30.5 Å². The molecule has 1 aromatic carbocycles. The predicted molar refractivity (Wildman–Crippen MR) is 77.5 cm³/mol. The minimum absolute atomic E-state index is 0.115. The molecule has 0 spiro atoms. The summed E-state index contributed by atoms with van der Waals surface area (Å²) in [6, 6.07) is 7.21. The molecule has 3 N–H and O–H groups in total. The quantitative estimate of drug-likeness (QED) is 0.813. The average molecular weight is 274 g/mol. The Kier molecular flexibility index (Phi) is 4.24. The van der Waals surface area contributed by atoms with Gasteiger partial charge in [0.15, 0.2) is 0 Å². The molecule has 2 rings (SSSR count). The molecule has 6 nitrogen and oxygen atoms in total. The van der Waals surface area contributed by atoms with Gasteiger partial charge in [0.1, 0.15) is 5.75 Å². The van der Waals surface area contributed by atoms with E-state index in [4.69, 9.17) is 10.5 Å². The van der Waals surface area contributed by atoms with E-state index in [0.717, 1.165) is 11.4 Å². The second-order valence-electron chi connectivity index (χ2n) is 4.49. The molecule has 6 heteroatoms. The maximum absolute atomic E-state index is 11.8. The Labute approximate surface area is 117 Å². The van der Waals surface area contributed by atoms with E-state index in [9.17, 15) is 4.79 Å². The SMILES string of the molecule is Cc1nn(C)cc1NC(=O)CCOc1ccccc1N. The van der Waals surface area contributed by atoms with Crippen molar-refractivity contribution < 1.29 is 9.53 Å². The molecule has 1 aromatic heterocycles. The van der Waals surface area contributed by atoms with E-state index in [1.54, 1.807) is 23.0 Å². The van der Waals surface area contributed by atoms with Gasteiger partial charge in [-0.2, -0.15) is 5.10 Å². The number of ether oxygens (including phenoxy) is 1. The van der Waals surface area contributed by atoms with E-state index in [-0.39, 0.29) is 18.9 Å². The first-order valence-electron chi connectivity index (χ1n) is 6.33. The first-order chi connectivity index (χ1) is 9.56. The number of aryl methyl sites for hydroxylation is 2. The van der Waals surface area contributed by atoms with Crippen LogP contribution in [0.5, 0.6) is 5.75 Å². The highest BCUT2D eigenvalue weighted by atomic mass is 16.5. The summed E-state index contributed by atoms with van der Waals surface area (Å²) in [7, 11) is 1.81. The number of nitrogens with one attached hydrogen (secondary N) is 1. The van der Waals surface area contributed by atoms with E-state index in [1.807, 2.05) is 26.1 Å². The largest absolute Gasteiger partial charge is 0.491 e. The summed E-state index contributed by atoms with van der Waals surface area (Å²) in [4.78, 5) is 11.8. The number of anilines is 2. The summed E-state index contributed by atoms with van der Waals surface area (Å²) >= 11 is 0. The van der Waals surface area contributed by atoms with Gasteiger partial charge in [-0.15, -0.1) is 0 Å². The number of hydrogen-bond acceptors (Lipinski definition) is 4. The molecule has 0 aliphatic rings.